The molecule has 1 atom stereocenters. The van der Waals surface area contributed by atoms with Crippen molar-refractivity contribution >= 4 is 33.4 Å². The van der Waals surface area contributed by atoms with Gasteiger partial charge in [0.2, 0.25) is 11.8 Å². The molecule has 1 aliphatic rings. The fourth-order valence-electron chi connectivity index (χ4n) is 3.19. The zero-order valence-corrected chi connectivity index (χ0v) is 16.1. The third-order valence-corrected chi connectivity index (χ3v) is 4.95. The zero-order chi connectivity index (χ0) is 18.7. The van der Waals surface area contributed by atoms with E-state index in [1.807, 2.05) is 25.1 Å². The van der Waals surface area contributed by atoms with Crippen LogP contribution in [0.1, 0.15) is 43.4 Å². The van der Waals surface area contributed by atoms with Crippen LogP contribution in [0, 0.1) is 5.82 Å². The monoisotopic (exact) mass is 418 g/mol. The summed E-state index contributed by atoms with van der Waals surface area (Å²) < 4.78 is 14.3. The van der Waals surface area contributed by atoms with Crippen molar-refractivity contribution in [3.05, 3.63) is 63.9 Å². The molecule has 2 amide bonds. The van der Waals surface area contributed by atoms with Crippen LogP contribution in [-0.2, 0) is 9.59 Å². The van der Waals surface area contributed by atoms with Crippen molar-refractivity contribution in [1.29, 1.82) is 0 Å². The molecule has 0 spiro atoms. The number of carbonyl (C=O) groups excluding carboxylic acids is 2. The molecule has 1 aliphatic heterocycles. The summed E-state index contributed by atoms with van der Waals surface area (Å²) in [5.74, 6) is -0.651. The number of anilines is 1. The molecule has 0 bridgehead atoms. The summed E-state index contributed by atoms with van der Waals surface area (Å²) in [6.45, 7) is 1.99. The van der Waals surface area contributed by atoms with E-state index in [0.717, 1.165) is 28.4 Å². The average molecular weight is 419 g/mol. The van der Waals surface area contributed by atoms with Crippen LogP contribution in [0.3, 0.4) is 0 Å². The van der Waals surface area contributed by atoms with E-state index >= 15 is 0 Å². The second kappa shape index (κ2) is 7.99. The lowest BCUT2D eigenvalue weighted by Crippen LogP contribution is -2.38. The van der Waals surface area contributed by atoms with Crippen LogP contribution in [-0.4, -0.2) is 23.3 Å². The molecule has 2 aromatic rings. The molecular formula is C20H20BrFN2O2. The number of carbonyl (C=O) groups is 2. The van der Waals surface area contributed by atoms with Gasteiger partial charge in [-0.2, -0.15) is 0 Å². The van der Waals surface area contributed by atoms with Crippen LogP contribution in [0.4, 0.5) is 10.1 Å². The van der Waals surface area contributed by atoms with Gasteiger partial charge in [0.25, 0.3) is 0 Å². The van der Waals surface area contributed by atoms with E-state index in [0.29, 0.717) is 12.1 Å². The summed E-state index contributed by atoms with van der Waals surface area (Å²) in [5, 5.41) is 2.87. The fourth-order valence-corrected chi connectivity index (χ4v) is 3.56. The predicted octanol–water partition coefficient (Wildman–Crippen LogP) is 4.65. The van der Waals surface area contributed by atoms with Crippen LogP contribution >= 0.6 is 15.9 Å². The normalized spacial score (nSPS) is 16.7. The van der Waals surface area contributed by atoms with Gasteiger partial charge in [-0.1, -0.05) is 41.4 Å². The van der Waals surface area contributed by atoms with Gasteiger partial charge in [-0.05, 0) is 42.3 Å². The maximum absolute atomic E-state index is 13.4. The number of amides is 2. The molecule has 0 aromatic heterocycles. The highest BCUT2D eigenvalue weighted by Crippen LogP contribution is 2.37. The first-order chi connectivity index (χ1) is 12.5. The third-order valence-electron chi connectivity index (χ3n) is 4.46. The number of benzene rings is 2. The first kappa shape index (κ1) is 18.6. The highest BCUT2D eigenvalue weighted by molar-refractivity contribution is 9.10. The van der Waals surface area contributed by atoms with E-state index in [9.17, 15) is 14.0 Å². The quantitative estimate of drug-likeness (QED) is 0.785. The number of fused-ring (bicyclic) bond motifs is 1. The standard InChI is InChI=1S/C20H20BrFN2O2/c1-2-3-4-19(26)24-12-18(25)23-17-10-7-14(21)11-16(17)20(24)13-5-8-15(22)9-6-13/h5-11,20H,2-4,12H2,1H3,(H,23,25). The topological polar surface area (TPSA) is 49.4 Å². The molecule has 26 heavy (non-hydrogen) atoms. The van der Waals surface area contributed by atoms with E-state index in [1.54, 1.807) is 17.0 Å². The van der Waals surface area contributed by atoms with Gasteiger partial charge in [-0.25, -0.2) is 4.39 Å². The number of halogens is 2. The Labute approximate surface area is 160 Å². The molecule has 1 N–H and O–H groups in total. The molecule has 6 heteroatoms. The molecule has 1 heterocycles. The smallest absolute Gasteiger partial charge is 0.244 e. The molecule has 0 radical (unpaired) electrons. The van der Waals surface area contributed by atoms with Crippen molar-refractivity contribution in [2.24, 2.45) is 0 Å². The van der Waals surface area contributed by atoms with Crippen molar-refractivity contribution < 1.29 is 14.0 Å². The summed E-state index contributed by atoms with van der Waals surface area (Å²) >= 11 is 3.47. The zero-order valence-electron chi connectivity index (χ0n) is 14.5. The Morgan fingerprint density at radius 1 is 1.27 bits per heavy atom. The van der Waals surface area contributed by atoms with Crippen molar-refractivity contribution in [1.82, 2.24) is 4.90 Å². The van der Waals surface area contributed by atoms with Gasteiger partial charge in [-0.15, -0.1) is 0 Å². The van der Waals surface area contributed by atoms with Gasteiger partial charge in [0, 0.05) is 22.1 Å². The minimum atomic E-state index is -0.452. The molecule has 136 valence electrons. The Morgan fingerprint density at radius 3 is 2.69 bits per heavy atom. The SMILES string of the molecule is CCCCC(=O)N1CC(=O)Nc2ccc(Br)cc2C1c1ccc(F)cc1. The van der Waals surface area contributed by atoms with Crippen molar-refractivity contribution in [3.8, 4) is 0 Å². The second-order valence-electron chi connectivity index (χ2n) is 6.36. The van der Waals surface area contributed by atoms with E-state index in [1.165, 1.54) is 12.1 Å². The number of unbranched alkanes of at least 4 members (excludes halogenated alkanes) is 1. The third kappa shape index (κ3) is 3.96. The highest BCUT2D eigenvalue weighted by atomic mass is 79.9. The first-order valence-electron chi connectivity index (χ1n) is 8.64. The molecule has 3 rings (SSSR count). The summed E-state index contributed by atoms with van der Waals surface area (Å²) in [6.07, 6.45) is 2.04. The molecule has 1 unspecified atom stereocenters. The maximum atomic E-state index is 13.4. The van der Waals surface area contributed by atoms with E-state index < -0.39 is 6.04 Å². The first-order valence-corrected chi connectivity index (χ1v) is 9.43. The summed E-state index contributed by atoms with van der Waals surface area (Å²) in [6, 6.07) is 11.2. The molecule has 0 saturated carbocycles. The molecular weight excluding hydrogens is 399 g/mol. The Hall–Kier alpha value is -2.21. The lowest BCUT2D eigenvalue weighted by Gasteiger charge is -2.30. The Bertz CT molecular complexity index is 823. The molecule has 4 nitrogen and oxygen atoms in total. The van der Waals surface area contributed by atoms with E-state index in [2.05, 4.69) is 21.2 Å². The minimum absolute atomic E-state index is 0.0309. The summed E-state index contributed by atoms with van der Waals surface area (Å²) in [4.78, 5) is 26.8. The van der Waals surface area contributed by atoms with Gasteiger partial charge in [0.15, 0.2) is 0 Å². The van der Waals surface area contributed by atoms with Gasteiger partial charge in [0.05, 0.1) is 6.04 Å². The molecule has 0 aliphatic carbocycles. The van der Waals surface area contributed by atoms with Crippen molar-refractivity contribution in [3.63, 3.8) is 0 Å². The number of rotatable bonds is 4. The number of hydrogen-bond acceptors (Lipinski definition) is 2. The minimum Gasteiger partial charge on any atom is -0.324 e. The van der Waals surface area contributed by atoms with Gasteiger partial charge in [-0.3, -0.25) is 9.59 Å². The molecule has 0 saturated heterocycles. The van der Waals surface area contributed by atoms with Crippen LogP contribution in [0.5, 0.6) is 0 Å². The lowest BCUT2D eigenvalue weighted by atomic mass is 9.95. The fraction of sp³-hybridized carbons (Fsp3) is 0.300. The van der Waals surface area contributed by atoms with Crippen molar-refractivity contribution in [2.45, 2.75) is 32.2 Å². The lowest BCUT2D eigenvalue weighted by molar-refractivity contribution is -0.136. The van der Waals surface area contributed by atoms with Gasteiger partial charge in [0.1, 0.15) is 12.4 Å². The van der Waals surface area contributed by atoms with Crippen LogP contribution in [0.15, 0.2) is 46.9 Å². The van der Waals surface area contributed by atoms with Crippen molar-refractivity contribution in [2.75, 3.05) is 11.9 Å². The number of hydrogen-bond donors (Lipinski definition) is 1. The van der Waals surface area contributed by atoms with Gasteiger partial charge < -0.3 is 10.2 Å². The van der Waals surface area contributed by atoms with Crippen LogP contribution < -0.4 is 5.32 Å². The summed E-state index contributed by atoms with van der Waals surface area (Å²) in [5.41, 5.74) is 2.24. The number of nitrogens with one attached hydrogen (secondary N) is 1. The second-order valence-corrected chi connectivity index (χ2v) is 7.27. The van der Waals surface area contributed by atoms with Gasteiger partial charge >= 0.3 is 0 Å². The maximum Gasteiger partial charge on any atom is 0.244 e. The van der Waals surface area contributed by atoms with Crippen LogP contribution in [0.25, 0.3) is 0 Å². The summed E-state index contributed by atoms with van der Waals surface area (Å²) in [7, 11) is 0. The van der Waals surface area contributed by atoms with E-state index in [-0.39, 0.29) is 24.2 Å². The molecule has 0 fully saturated rings. The molecule has 2 aromatic carbocycles. The predicted molar refractivity (Wildman–Crippen MR) is 102 cm³/mol. The highest BCUT2D eigenvalue weighted by Gasteiger charge is 2.33. The Balaban J connectivity index is 2.12. The Morgan fingerprint density at radius 2 is 2.00 bits per heavy atom. The van der Waals surface area contributed by atoms with E-state index in [4.69, 9.17) is 0 Å². The largest absolute Gasteiger partial charge is 0.324 e. The number of nitrogens with zero attached hydrogens (tertiary/aromatic N) is 1. The van der Waals surface area contributed by atoms with Crippen LogP contribution in [0.2, 0.25) is 0 Å². The Kier molecular flexibility index (Phi) is 5.71. The average Bonchev–Trinajstić information content (AvgIpc) is 2.76.